The molecule has 1 fully saturated rings. The van der Waals surface area contributed by atoms with Crippen molar-refractivity contribution in [1.82, 2.24) is 10.4 Å². The zero-order valence-corrected chi connectivity index (χ0v) is 18.3. The molecule has 160 valence electrons. The number of hydrogen-bond acceptors (Lipinski definition) is 3. The summed E-state index contributed by atoms with van der Waals surface area (Å²) in [6.45, 7) is 3.71. The van der Waals surface area contributed by atoms with Gasteiger partial charge in [0.1, 0.15) is 0 Å². The zero-order valence-electron chi connectivity index (χ0n) is 16.8. The predicted octanol–water partition coefficient (Wildman–Crippen LogP) is 4.94. The zero-order chi connectivity index (χ0) is 21.6. The van der Waals surface area contributed by atoms with E-state index >= 15 is 0 Å². The molecule has 2 amide bonds. The predicted molar refractivity (Wildman–Crippen MR) is 113 cm³/mol. The van der Waals surface area contributed by atoms with Crippen LogP contribution in [-0.2, 0) is 9.59 Å². The maximum atomic E-state index is 13.2. The number of hydrogen-bond donors (Lipinski definition) is 2. The molecule has 0 bridgehead atoms. The fourth-order valence-corrected chi connectivity index (χ4v) is 4.03. The fraction of sp³-hybridized carbons (Fsp3) is 0.571. The lowest BCUT2D eigenvalue weighted by Gasteiger charge is -2.31. The molecule has 0 saturated heterocycles. The fourth-order valence-electron chi connectivity index (χ4n) is 3.66. The van der Waals surface area contributed by atoms with Crippen LogP contribution in [0.1, 0.15) is 69.2 Å². The van der Waals surface area contributed by atoms with Crippen LogP contribution in [0, 0.1) is 11.8 Å². The number of amides is 2. The molecule has 8 heteroatoms. The van der Waals surface area contributed by atoms with E-state index in [0.717, 1.165) is 30.7 Å². The van der Waals surface area contributed by atoms with Gasteiger partial charge in [0.25, 0.3) is 5.91 Å². The van der Waals surface area contributed by atoms with E-state index in [1.807, 2.05) is 13.8 Å². The smallest absolute Gasteiger partial charge is 0.328 e. The molecule has 6 nitrogen and oxygen atoms in total. The van der Waals surface area contributed by atoms with Crippen LogP contribution in [0.5, 0.6) is 0 Å². The molecular weight excluding hydrogens is 415 g/mol. The molecule has 1 aromatic rings. The van der Waals surface area contributed by atoms with Gasteiger partial charge in [-0.15, -0.1) is 0 Å². The third kappa shape index (κ3) is 6.89. The number of carboxylic acid groups (broad SMARTS) is 1. The Hall–Kier alpha value is -1.79. The van der Waals surface area contributed by atoms with E-state index in [0.29, 0.717) is 5.02 Å². The lowest BCUT2D eigenvalue weighted by molar-refractivity contribution is -0.145. The second-order valence-corrected chi connectivity index (χ2v) is 8.87. The van der Waals surface area contributed by atoms with Crippen LogP contribution in [0.2, 0.25) is 10.0 Å². The van der Waals surface area contributed by atoms with Crippen molar-refractivity contribution in [3.63, 3.8) is 0 Å². The average molecular weight is 443 g/mol. The van der Waals surface area contributed by atoms with Crippen LogP contribution in [0.3, 0.4) is 0 Å². The molecule has 0 radical (unpaired) electrons. The molecule has 0 heterocycles. The van der Waals surface area contributed by atoms with Crippen molar-refractivity contribution in [3.8, 4) is 0 Å². The Morgan fingerprint density at radius 3 is 2.41 bits per heavy atom. The van der Waals surface area contributed by atoms with Crippen LogP contribution in [-0.4, -0.2) is 33.9 Å². The van der Waals surface area contributed by atoms with Gasteiger partial charge >= 0.3 is 5.97 Å². The third-order valence-electron chi connectivity index (χ3n) is 5.11. The van der Waals surface area contributed by atoms with Crippen LogP contribution >= 0.6 is 23.2 Å². The van der Waals surface area contributed by atoms with Gasteiger partial charge in [-0.05, 0) is 49.3 Å². The normalized spacial score (nSPS) is 15.8. The number of carboxylic acids is 1. The first-order chi connectivity index (χ1) is 13.7. The van der Waals surface area contributed by atoms with E-state index in [1.54, 1.807) is 0 Å². The Kier molecular flexibility index (Phi) is 8.78. The summed E-state index contributed by atoms with van der Waals surface area (Å²) in [5, 5.41) is 11.1. The molecule has 0 aliphatic heterocycles. The minimum Gasteiger partial charge on any atom is -0.480 e. The standard InChI is InChI=1S/C21H28Cl2N2O4/c1-13(2)10-18(21(28)29)25(20(27)16-12-15(22)8-9-17(16)23)24-19(26)11-14-6-4-3-5-7-14/h8-9,12-14,18H,3-7,10-11H2,1-2H3,(H,24,26)(H,28,29)/t18-/m0/s1. The highest BCUT2D eigenvalue weighted by molar-refractivity contribution is 6.35. The summed E-state index contributed by atoms with van der Waals surface area (Å²) in [6, 6.07) is 3.17. The largest absolute Gasteiger partial charge is 0.480 e. The number of nitrogens with zero attached hydrogens (tertiary/aromatic N) is 1. The van der Waals surface area contributed by atoms with Crippen molar-refractivity contribution >= 4 is 41.0 Å². The molecule has 29 heavy (non-hydrogen) atoms. The molecule has 1 atom stereocenters. The van der Waals surface area contributed by atoms with Gasteiger partial charge in [-0.1, -0.05) is 56.3 Å². The molecule has 1 aromatic carbocycles. The molecule has 0 unspecified atom stereocenters. The van der Waals surface area contributed by atoms with Gasteiger partial charge in [0, 0.05) is 11.4 Å². The van der Waals surface area contributed by atoms with Gasteiger partial charge in [-0.2, -0.15) is 0 Å². The summed E-state index contributed by atoms with van der Waals surface area (Å²) >= 11 is 12.1. The van der Waals surface area contributed by atoms with Crippen LogP contribution in [0.15, 0.2) is 18.2 Å². The quantitative estimate of drug-likeness (QED) is 0.585. The molecular formula is C21H28Cl2N2O4. The lowest BCUT2D eigenvalue weighted by Crippen LogP contribution is -2.55. The van der Waals surface area contributed by atoms with Crippen molar-refractivity contribution in [1.29, 1.82) is 0 Å². The number of carbonyl (C=O) groups is 3. The SMILES string of the molecule is CC(C)C[C@@H](C(=O)O)N(NC(=O)CC1CCCCC1)C(=O)c1cc(Cl)ccc1Cl. The Morgan fingerprint density at radius 2 is 1.83 bits per heavy atom. The van der Waals surface area contributed by atoms with Crippen molar-refractivity contribution < 1.29 is 19.5 Å². The number of halogens is 2. The number of aliphatic carboxylic acids is 1. The minimum atomic E-state index is -1.21. The van der Waals surface area contributed by atoms with E-state index in [1.165, 1.54) is 24.6 Å². The number of nitrogens with one attached hydrogen (secondary N) is 1. The highest BCUT2D eigenvalue weighted by atomic mass is 35.5. The maximum absolute atomic E-state index is 13.2. The summed E-state index contributed by atoms with van der Waals surface area (Å²) in [5.74, 6) is -2.00. The first kappa shape index (κ1) is 23.5. The van der Waals surface area contributed by atoms with E-state index in [9.17, 15) is 19.5 Å². The summed E-state index contributed by atoms with van der Waals surface area (Å²) in [5.41, 5.74) is 2.61. The monoisotopic (exact) mass is 442 g/mol. The molecule has 1 aliphatic rings. The van der Waals surface area contributed by atoms with Crippen molar-refractivity contribution in [2.45, 2.75) is 64.8 Å². The second kappa shape index (κ2) is 10.8. The Bertz CT molecular complexity index is 748. The summed E-state index contributed by atoms with van der Waals surface area (Å²) in [4.78, 5) is 37.8. The third-order valence-corrected chi connectivity index (χ3v) is 5.68. The average Bonchev–Trinajstić information content (AvgIpc) is 2.66. The van der Waals surface area contributed by atoms with Crippen molar-refractivity contribution in [2.24, 2.45) is 11.8 Å². The maximum Gasteiger partial charge on any atom is 0.328 e. The highest BCUT2D eigenvalue weighted by Gasteiger charge is 2.34. The van der Waals surface area contributed by atoms with Gasteiger partial charge in [0.15, 0.2) is 6.04 Å². The molecule has 2 rings (SSSR count). The van der Waals surface area contributed by atoms with Crippen LogP contribution in [0.4, 0.5) is 0 Å². The molecule has 0 aromatic heterocycles. The van der Waals surface area contributed by atoms with Gasteiger partial charge in [-0.3, -0.25) is 15.0 Å². The van der Waals surface area contributed by atoms with E-state index in [4.69, 9.17) is 23.2 Å². The van der Waals surface area contributed by atoms with E-state index in [2.05, 4.69) is 5.43 Å². The molecule has 1 saturated carbocycles. The topological polar surface area (TPSA) is 86.7 Å². The Morgan fingerprint density at radius 1 is 1.17 bits per heavy atom. The van der Waals surface area contributed by atoms with E-state index < -0.39 is 17.9 Å². The number of carbonyl (C=O) groups excluding carboxylic acids is 2. The minimum absolute atomic E-state index is 0.00326. The van der Waals surface area contributed by atoms with Crippen molar-refractivity contribution in [2.75, 3.05) is 0 Å². The highest BCUT2D eigenvalue weighted by Crippen LogP contribution is 2.27. The molecule has 2 N–H and O–H groups in total. The summed E-state index contributed by atoms with van der Waals surface area (Å²) in [7, 11) is 0. The second-order valence-electron chi connectivity index (χ2n) is 8.03. The molecule has 1 aliphatic carbocycles. The van der Waals surface area contributed by atoms with Crippen LogP contribution < -0.4 is 5.43 Å². The molecule has 0 spiro atoms. The summed E-state index contributed by atoms with van der Waals surface area (Å²) in [6.07, 6.45) is 5.73. The van der Waals surface area contributed by atoms with Gasteiger partial charge in [-0.25, -0.2) is 9.80 Å². The Balaban J connectivity index is 2.28. The van der Waals surface area contributed by atoms with Gasteiger partial charge < -0.3 is 5.11 Å². The number of rotatable bonds is 7. The van der Waals surface area contributed by atoms with E-state index in [-0.39, 0.29) is 41.2 Å². The van der Waals surface area contributed by atoms with Crippen molar-refractivity contribution in [3.05, 3.63) is 33.8 Å². The van der Waals surface area contributed by atoms with Crippen LogP contribution in [0.25, 0.3) is 0 Å². The number of benzene rings is 1. The Labute approximate surface area is 181 Å². The van der Waals surface area contributed by atoms with Gasteiger partial charge in [0.2, 0.25) is 5.91 Å². The van der Waals surface area contributed by atoms with Gasteiger partial charge in [0.05, 0.1) is 10.6 Å². The summed E-state index contributed by atoms with van der Waals surface area (Å²) < 4.78 is 0. The number of hydrazine groups is 1. The lowest BCUT2D eigenvalue weighted by atomic mass is 9.87. The first-order valence-corrected chi connectivity index (χ1v) is 10.8. The first-order valence-electron chi connectivity index (χ1n) is 10.00.